The van der Waals surface area contributed by atoms with E-state index in [0.29, 0.717) is 0 Å². The van der Waals surface area contributed by atoms with Gasteiger partial charge in [0.05, 0.1) is 7.11 Å². The minimum absolute atomic E-state index is 0.0556. The van der Waals surface area contributed by atoms with E-state index in [9.17, 15) is 13.2 Å². The molecule has 0 heterocycles. The normalized spacial score (nSPS) is 12.7. The van der Waals surface area contributed by atoms with Crippen molar-refractivity contribution in [3.05, 3.63) is 0 Å². The summed E-state index contributed by atoms with van der Waals surface area (Å²) < 4.78 is 32.7. The Balaban J connectivity index is 4.75. The molecule has 0 radical (unpaired) electrons. The van der Waals surface area contributed by atoms with Crippen LogP contribution in [0.3, 0.4) is 0 Å². The molecule has 0 aromatic rings. The number of hydrogen-bond donors (Lipinski definition) is 2. The number of nitrogens with one attached hydrogen (secondary N) is 2. The van der Waals surface area contributed by atoms with Gasteiger partial charge in [0, 0.05) is 6.04 Å². The molecule has 94 valence electrons. The molecule has 7 nitrogen and oxygen atoms in total. The zero-order valence-electron chi connectivity index (χ0n) is 9.47. The van der Waals surface area contributed by atoms with E-state index in [-0.39, 0.29) is 11.2 Å². The lowest BCUT2D eigenvalue weighted by molar-refractivity contribution is 0.177. The molecule has 0 unspecified atom stereocenters. The van der Waals surface area contributed by atoms with Crippen LogP contribution < -0.4 is 10.0 Å². The van der Waals surface area contributed by atoms with Crippen LogP contribution in [0.1, 0.15) is 13.8 Å². The maximum absolute atomic E-state index is 11.4. The van der Waals surface area contributed by atoms with Crippen LogP contribution >= 0.6 is 11.8 Å². The van der Waals surface area contributed by atoms with Crippen molar-refractivity contribution in [1.82, 2.24) is 10.0 Å². The monoisotopic (exact) mass is 269 g/mol. The number of alkyl carbamates (subject to hydrolysis) is 1. The molecule has 0 atom stereocenters. The lowest BCUT2D eigenvalue weighted by Crippen LogP contribution is -2.33. The van der Waals surface area contributed by atoms with Crippen LogP contribution in [0.5, 0.6) is 0 Å². The second kappa shape index (κ2) is 6.71. The number of thioether (sulfide) groups is 1. The van der Waals surface area contributed by atoms with Crippen molar-refractivity contribution in [1.29, 1.82) is 0 Å². The number of rotatable bonds is 3. The van der Waals surface area contributed by atoms with Crippen molar-refractivity contribution >= 4 is 33.2 Å². The molecule has 1 amide bonds. The Bertz CT molecular complexity index is 364. The number of methoxy groups -OCH3 is 1. The van der Waals surface area contributed by atoms with Gasteiger partial charge in [-0.1, -0.05) is 11.8 Å². The number of nitrogens with zero attached hydrogens (tertiary/aromatic N) is 1. The summed E-state index contributed by atoms with van der Waals surface area (Å²) in [7, 11) is -2.62. The number of carbonyl (C=O) groups is 1. The first-order chi connectivity index (χ1) is 7.30. The van der Waals surface area contributed by atoms with Gasteiger partial charge in [0.2, 0.25) is 0 Å². The van der Waals surface area contributed by atoms with Crippen LogP contribution in [0.15, 0.2) is 4.40 Å². The Hall–Kier alpha value is -0.800. The van der Waals surface area contributed by atoms with Crippen LogP contribution in [0.4, 0.5) is 4.79 Å². The quantitative estimate of drug-likeness (QED) is 0.567. The maximum atomic E-state index is 11.4. The lowest BCUT2D eigenvalue weighted by atomic mass is 10.4. The van der Waals surface area contributed by atoms with Gasteiger partial charge in [-0.2, -0.15) is 13.1 Å². The first-order valence-electron chi connectivity index (χ1n) is 4.32. The molecular weight excluding hydrogens is 254 g/mol. The number of carbonyl (C=O) groups excluding carboxylic acids is 1. The molecule has 9 heteroatoms. The number of amides is 1. The van der Waals surface area contributed by atoms with Crippen LogP contribution in [0.25, 0.3) is 0 Å². The average Bonchev–Trinajstić information content (AvgIpc) is 2.13. The third kappa shape index (κ3) is 6.64. The maximum Gasteiger partial charge on any atom is 0.412 e. The second-order valence-electron chi connectivity index (χ2n) is 2.96. The van der Waals surface area contributed by atoms with Gasteiger partial charge in [-0.15, -0.1) is 4.40 Å². The highest BCUT2D eigenvalue weighted by atomic mass is 32.2. The van der Waals surface area contributed by atoms with Gasteiger partial charge >= 0.3 is 16.3 Å². The van der Waals surface area contributed by atoms with E-state index in [0.717, 1.165) is 11.8 Å². The molecule has 16 heavy (non-hydrogen) atoms. The topological polar surface area (TPSA) is 96.9 Å². The molecule has 0 aliphatic heterocycles. The summed E-state index contributed by atoms with van der Waals surface area (Å²) >= 11 is 0.986. The molecule has 0 aromatic heterocycles. The summed E-state index contributed by atoms with van der Waals surface area (Å²) in [6.07, 6.45) is 0.812. The van der Waals surface area contributed by atoms with Gasteiger partial charge in [0.25, 0.3) is 0 Å². The summed E-state index contributed by atoms with van der Waals surface area (Å²) in [5, 5.41) is 2.12. The molecule has 0 fully saturated rings. The van der Waals surface area contributed by atoms with E-state index in [2.05, 4.69) is 19.2 Å². The highest BCUT2D eigenvalue weighted by molar-refractivity contribution is 8.13. The first-order valence-corrected chi connectivity index (χ1v) is 6.98. The molecule has 0 rings (SSSR count). The van der Waals surface area contributed by atoms with E-state index in [1.807, 2.05) is 0 Å². The molecule has 0 bridgehead atoms. The summed E-state index contributed by atoms with van der Waals surface area (Å²) in [4.78, 5) is 10.8. The van der Waals surface area contributed by atoms with Crippen molar-refractivity contribution in [2.24, 2.45) is 4.40 Å². The van der Waals surface area contributed by atoms with Gasteiger partial charge in [-0.05, 0) is 20.1 Å². The summed E-state index contributed by atoms with van der Waals surface area (Å²) in [5.74, 6) is 0. The predicted molar refractivity (Wildman–Crippen MR) is 63.7 cm³/mol. The minimum Gasteiger partial charge on any atom is -0.453 e. The second-order valence-corrected chi connectivity index (χ2v) is 5.13. The van der Waals surface area contributed by atoms with Crippen LogP contribution in [0, 0.1) is 0 Å². The third-order valence-corrected chi connectivity index (χ3v) is 3.06. The van der Waals surface area contributed by atoms with Gasteiger partial charge < -0.3 is 4.74 Å². The van der Waals surface area contributed by atoms with Gasteiger partial charge in [-0.25, -0.2) is 4.79 Å². The van der Waals surface area contributed by atoms with Gasteiger partial charge in [0.15, 0.2) is 5.17 Å². The van der Waals surface area contributed by atoms with E-state index < -0.39 is 16.3 Å². The van der Waals surface area contributed by atoms with Gasteiger partial charge in [0.1, 0.15) is 0 Å². The Labute approximate surface area is 99.2 Å². The molecule has 0 aliphatic carbocycles. The van der Waals surface area contributed by atoms with Crippen LogP contribution in [0.2, 0.25) is 0 Å². The molecule has 2 N–H and O–H groups in total. The molecule has 0 aliphatic rings. The number of amidine groups is 1. The molecule has 0 saturated heterocycles. The van der Waals surface area contributed by atoms with Crippen molar-refractivity contribution in [3.63, 3.8) is 0 Å². The fourth-order valence-corrected chi connectivity index (χ4v) is 2.37. The fraction of sp³-hybridized carbons (Fsp3) is 0.714. The van der Waals surface area contributed by atoms with E-state index in [4.69, 9.17) is 0 Å². The fourth-order valence-electron chi connectivity index (χ4n) is 0.683. The lowest BCUT2D eigenvalue weighted by Gasteiger charge is -2.07. The smallest absolute Gasteiger partial charge is 0.412 e. The zero-order chi connectivity index (χ0) is 12.8. The zero-order valence-corrected chi connectivity index (χ0v) is 11.1. The SMILES string of the molecule is COC(=O)N/C(=N\S(=O)(=O)NC(C)C)SC. The number of hydrogen-bond acceptors (Lipinski definition) is 5. The van der Waals surface area contributed by atoms with E-state index in [1.54, 1.807) is 20.1 Å². The van der Waals surface area contributed by atoms with Crippen molar-refractivity contribution in [2.75, 3.05) is 13.4 Å². The standard InChI is InChI=1S/C7H15N3O4S2/c1-5(2)9-16(12,13)10-6(15-4)8-7(11)14-3/h5,9H,1-4H3,(H,8,10,11). The minimum atomic E-state index is -3.80. The highest BCUT2D eigenvalue weighted by Crippen LogP contribution is 2.00. The third-order valence-electron chi connectivity index (χ3n) is 1.18. The summed E-state index contributed by atoms with van der Waals surface area (Å²) in [6, 6.07) is -0.269. The highest BCUT2D eigenvalue weighted by Gasteiger charge is 2.13. The Morgan fingerprint density at radius 1 is 1.44 bits per heavy atom. The van der Waals surface area contributed by atoms with Crippen molar-refractivity contribution < 1.29 is 17.9 Å². The summed E-state index contributed by atoms with van der Waals surface area (Å²) in [6.45, 7) is 3.33. The molecule has 0 spiro atoms. The Morgan fingerprint density at radius 3 is 2.38 bits per heavy atom. The molecule has 0 saturated carbocycles. The van der Waals surface area contributed by atoms with Crippen molar-refractivity contribution in [3.8, 4) is 0 Å². The average molecular weight is 269 g/mol. The summed E-state index contributed by atoms with van der Waals surface area (Å²) in [5.41, 5.74) is 0. The van der Waals surface area contributed by atoms with Crippen LogP contribution in [-0.4, -0.2) is 39.1 Å². The Kier molecular flexibility index (Phi) is 6.38. The predicted octanol–water partition coefficient (Wildman–Crippen LogP) is 0.304. The molecule has 0 aromatic carbocycles. The largest absolute Gasteiger partial charge is 0.453 e. The van der Waals surface area contributed by atoms with E-state index >= 15 is 0 Å². The van der Waals surface area contributed by atoms with Crippen molar-refractivity contribution in [2.45, 2.75) is 19.9 Å². The van der Waals surface area contributed by atoms with Crippen LogP contribution in [-0.2, 0) is 14.9 Å². The Morgan fingerprint density at radius 2 is 2.00 bits per heavy atom. The van der Waals surface area contributed by atoms with Gasteiger partial charge in [-0.3, -0.25) is 5.32 Å². The van der Waals surface area contributed by atoms with E-state index in [1.165, 1.54) is 7.11 Å². The first kappa shape index (κ1) is 15.2. The molecular formula is C7H15N3O4S2. The number of ether oxygens (including phenoxy) is 1.